The first-order chi connectivity index (χ1) is 7.70. The standard InChI is InChI=1S/C6H4Cl.C6H6O2S/c7-6-4-2-1-3-5-6;7-9(8)6-4-2-1-3-5-6/h1-4H;1-5,9H. The zero-order chi connectivity index (χ0) is 11.8. The lowest BCUT2D eigenvalue weighted by Gasteiger charge is -1.83. The van der Waals surface area contributed by atoms with Crippen molar-refractivity contribution in [3.8, 4) is 0 Å². The van der Waals surface area contributed by atoms with Crippen molar-refractivity contribution in [3.05, 3.63) is 65.7 Å². The third kappa shape index (κ3) is 4.96. The van der Waals surface area contributed by atoms with E-state index in [-0.39, 0.29) is 0 Å². The number of benzene rings is 2. The fourth-order valence-electron chi connectivity index (χ4n) is 0.921. The lowest BCUT2D eigenvalue weighted by Crippen LogP contribution is -1.75. The predicted octanol–water partition coefficient (Wildman–Crippen LogP) is 2.80. The Bertz CT molecular complexity index is 473. The van der Waals surface area contributed by atoms with Gasteiger partial charge >= 0.3 is 0 Å². The van der Waals surface area contributed by atoms with Crippen LogP contribution >= 0.6 is 11.6 Å². The van der Waals surface area contributed by atoms with Crippen molar-refractivity contribution in [3.63, 3.8) is 0 Å². The van der Waals surface area contributed by atoms with Gasteiger partial charge in [0.25, 0.3) is 0 Å². The Morgan fingerprint density at radius 2 is 1.56 bits per heavy atom. The average Bonchev–Trinajstić information content (AvgIpc) is 2.32. The maximum Gasteiger partial charge on any atom is 0.168 e. The Labute approximate surface area is 101 Å². The molecule has 0 spiro atoms. The molecule has 2 rings (SSSR count). The van der Waals surface area contributed by atoms with Crippen LogP contribution in [0.2, 0.25) is 5.02 Å². The first kappa shape index (κ1) is 12.7. The number of halogens is 1. The molecule has 0 fully saturated rings. The molecule has 0 aromatic heterocycles. The van der Waals surface area contributed by atoms with E-state index in [4.69, 9.17) is 11.6 Å². The van der Waals surface area contributed by atoms with Crippen LogP contribution in [0.4, 0.5) is 0 Å². The van der Waals surface area contributed by atoms with E-state index in [2.05, 4.69) is 6.07 Å². The summed E-state index contributed by atoms with van der Waals surface area (Å²) >= 11 is 5.48. The average molecular weight is 254 g/mol. The summed E-state index contributed by atoms with van der Waals surface area (Å²) in [6, 6.07) is 18.4. The van der Waals surface area contributed by atoms with Gasteiger partial charge < -0.3 is 0 Å². The predicted molar refractivity (Wildman–Crippen MR) is 65.3 cm³/mol. The van der Waals surface area contributed by atoms with Crippen LogP contribution in [-0.2, 0) is 10.7 Å². The van der Waals surface area contributed by atoms with Crippen molar-refractivity contribution < 1.29 is 8.42 Å². The first-order valence-electron chi connectivity index (χ1n) is 4.52. The van der Waals surface area contributed by atoms with Crippen LogP contribution in [0.25, 0.3) is 0 Å². The van der Waals surface area contributed by atoms with E-state index in [0.717, 1.165) is 0 Å². The van der Waals surface area contributed by atoms with Crippen LogP contribution in [0.15, 0.2) is 59.5 Å². The third-order valence-electron chi connectivity index (χ3n) is 1.64. The summed E-state index contributed by atoms with van der Waals surface area (Å²) in [4.78, 5) is 0.368. The Kier molecular flexibility index (Phi) is 5.61. The third-order valence-corrected chi connectivity index (χ3v) is 2.59. The summed E-state index contributed by atoms with van der Waals surface area (Å²) in [5, 5.41) is 0.669. The maximum atomic E-state index is 10.2. The van der Waals surface area contributed by atoms with Crippen LogP contribution in [0.5, 0.6) is 0 Å². The summed E-state index contributed by atoms with van der Waals surface area (Å²) in [5.41, 5.74) is 0. The lowest BCUT2D eigenvalue weighted by atomic mass is 10.4. The molecule has 4 heteroatoms. The summed E-state index contributed by atoms with van der Waals surface area (Å²) in [7, 11) is -2.40. The van der Waals surface area contributed by atoms with Gasteiger partial charge in [0.1, 0.15) is 0 Å². The second-order valence-corrected chi connectivity index (χ2v) is 4.24. The van der Waals surface area contributed by atoms with E-state index >= 15 is 0 Å². The second kappa shape index (κ2) is 7.04. The number of hydrogen-bond donors (Lipinski definition) is 1. The molecule has 0 aliphatic carbocycles. The molecule has 0 aliphatic heterocycles. The van der Waals surface area contributed by atoms with Gasteiger partial charge in [0.2, 0.25) is 0 Å². The molecule has 0 aliphatic rings. The Morgan fingerprint density at radius 3 is 1.88 bits per heavy atom. The molecule has 0 saturated heterocycles. The van der Waals surface area contributed by atoms with Gasteiger partial charge in [0.05, 0.1) is 4.90 Å². The number of rotatable bonds is 1. The largest absolute Gasteiger partial charge is 0.227 e. The highest BCUT2D eigenvalue weighted by Crippen LogP contribution is 2.02. The molecular weight excluding hydrogens is 244 g/mol. The van der Waals surface area contributed by atoms with Crippen molar-refractivity contribution >= 4 is 22.3 Å². The molecule has 0 heterocycles. The molecule has 0 unspecified atom stereocenters. The van der Waals surface area contributed by atoms with Gasteiger partial charge in [-0.2, -0.15) is 0 Å². The van der Waals surface area contributed by atoms with Crippen molar-refractivity contribution in [2.75, 3.05) is 0 Å². The lowest BCUT2D eigenvalue weighted by molar-refractivity contribution is 0.614. The van der Waals surface area contributed by atoms with Gasteiger partial charge in [-0.15, -0.1) is 0 Å². The second-order valence-electron chi connectivity index (χ2n) is 2.80. The fourth-order valence-corrected chi connectivity index (χ4v) is 1.47. The van der Waals surface area contributed by atoms with Crippen LogP contribution in [0, 0.1) is 6.07 Å². The smallest absolute Gasteiger partial charge is 0.168 e. The van der Waals surface area contributed by atoms with Gasteiger partial charge in [-0.1, -0.05) is 48.0 Å². The van der Waals surface area contributed by atoms with Crippen LogP contribution < -0.4 is 0 Å². The van der Waals surface area contributed by atoms with E-state index in [1.165, 1.54) is 0 Å². The van der Waals surface area contributed by atoms with Gasteiger partial charge in [0.15, 0.2) is 10.7 Å². The molecule has 0 N–H and O–H groups in total. The highest BCUT2D eigenvalue weighted by Gasteiger charge is 1.87. The molecule has 0 saturated carbocycles. The molecule has 83 valence electrons. The van der Waals surface area contributed by atoms with Crippen molar-refractivity contribution in [2.24, 2.45) is 0 Å². The molecule has 16 heavy (non-hydrogen) atoms. The normalized spacial score (nSPS) is 9.38. The Morgan fingerprint density at radius 1 is 0.938 bits per heavy atom. The topological polar surface area (TPSA) is 34.1 Å². The molecule has 1 radical (unpaired) electrons. The van der Waals surface area contributed by atoms with Crippen LogP contribution in [0.3, 0.4) is 0 Å². The highest BCUT2D eigenvalue weighted by atomic mass is 35.5. The van der Waals surface area contributed by atoms with Crippen LogP contribution in [-0.4, -0.2) is 8.42 Å². The molecule has 0 amide bonds. The molecule has 2 aromatic rings. The van der Waals surface area contributed by atoms with E-state index in [9.17, 15) is 8.42 Å². The zero-order valence-electron chi connectivity index (χ0n) is 8.34. The number of hydrogen-bond acceptors (Lipinski definition) is 2. The quantitative estimate of drug-likeness (QED) is 0.793. The molecule has 2 nitrogen and oxygen atoms in total. The monoisotopic (exact) mass is 253 g/mol. The summed E-state index contributed by atoms with van der Waals surface area (Å²) in [5.74, 6) is 0. The summed E-state index contributed by atoms with van der Waals surface area (Å²) in [6.45, 7) is 0. The summed E-state index contributed by atoms with van der Waals surface area (Å²) < 4.78 is 20.5. The minimum absolute atomic E-state index is 0.368. The first-order valence-corrected chi connectivity index (χ1v) is 6.07. The van der Waals surface area contributed by atoms with E-state index in [1.54, 1.807) is 42.5 Å². The minimum atomic E-state index is -2.40. The van der Waals surface area contributed by atoms with Crippen molar-refractivity contribution in [1.82, 2.24) is 0 Å². The number of thiol groups is 1. The minimum Gasteiger partial charge on any atom is -0.227 e. The maximum absolute atomic E-state index is 10.2. The molecule has 0 bridgehead atoms. The Balaban J connectivity index is 0.000000165. The van der Waals surface area contributed by atoms with Gasteiger partial charge in [0, 0.05) is 11.1 Å². The van der Waals surface area contributed by atoms with E-state index in [1.807, 2.05) is 12.1 Å². The van der Waals surface area contributed by atoms with E-state index < -0.39 is 10.7 Å². The molecule has 0 atom stereocenters. The van der Waals surface area contributed by atoms with Crippen molar-refractivity contribution in [2.45, 2.75) is 4.90 Å². The van der Waals surface area contributed by atoms with Gasteiger partial charge in [-0.05, 0) is 18.2 Å². The van der Waals surface area contributed by atoms with Crippen molar-refractivity contribution in [1.29, 1.82) is 0 Å². The molecular formula is C12H10ClO2S. The van der Waals surface area contributed by atoms with Gasteiger partial charge in [-0.3, -0.25) is 0 Å². The van der Waals surface area contributed by atoms with Gasteiger partial charge in [-0.25, -0.2) is 8.42 Å². The fraction of sp³-hybridized carbons (Fsp3) is 0. The summed E-state index contributed by atoms with van der Waals surface area (Å²) in [6.07, 6.45) is 0. The molecule has 2 aromatic carbocycles. The Hall–Kier alpha value is -1.32. The zero-order valence-corrected chi connectivity index (χ0v) is 9.99. The van der Waals surface area contributed by atoms with E-state index in [0.29, 0.717) is 9.92 Å². The van der Waals surface area contributed by atoms with Crippen LogP contribution in [0.1, 0.15) is 0 Å². The SMILES string of the molecule is Clc1[c]cccc1.O=[SH](=O)c1ccccc1. The highest BCUT2D eigenvalue weighted by molar-refractivity contribution is 7.72.